The highest BCUT2D eigenvalue weighted by atomic mass is 16.5. The van der Waals surface area contributed by atoms with Crippen LogP contribution in [0.1, 0.15) is 12.8 Å². The average Bonchev–Trinajstić information content (AvgIpc) is 2.43. The van der Waals surface area contributed by atoms with Crippen LogP contribution in [0, 0.1) is 0 Å². The number of anilines is 1. The monoisotopic (exact) mass is 244 g/mol. The van der Waals surface area contributed by atoms with E-state index in [0.29, 0.717) is 6.42 Å². The lowest BCUT2D eigenvalue weighted by molar-refractivity contribution is -0.140. The molecule has 2 rings (SSSR count). The van der Waals surface area contributed by atoms with Crippen molar-refractivity contribution in [2.24, 2.45) is 0 Å². The molecule has 1 N–H and O–H groups in total. The van der Waals surface area contributed by atoms with Crippen molar-refractivity contribution in [3.8, 4) is 0 Å². The van der Waals surface area contributed by atoms with Gasteiger partial charge in [0.25, 0.3) is 0 Å². The molecule has 94 valence electrons. The molecule has 0 bridgehead atoms. The van der Waals surface area contributed by atoms with Crippen LogP contribution >= 0.6 is 0 Å². The van der Waals surface area contributed by atoms with E-state index in [4.69, 9.17) is 0 Å². The van der Waals surface area contributed by atoms with Gasteiger partial charge in [0.2, 0.25) is 0 Å². The number of fused-ring (bicyclic) bond motifs is 1. The molecule has 0 fully saturated rings. The van der Waals surface area contributed by atoms with E-state index in [1.54, 1.807) is 6.20 Å². The van der Waals surface area contributed by atoms with Gasteiger partial charge in [-0.25, -0.2) is 0 Å². The standard InChI is InChI=1S/C14H16N2O2/c1-18-14(17)7-4-8-15-12-9-11-5-2-3-6-13(11)16-10-12/h2-3,5-6,9-10,15H,4,7-8H2,1H3. The average molecular weight is 244 g/mol. The number of para-hydroxylation sites is 1. The van der Waals surface area contributed by atoms with Gasteiger partial charge >= 0.3 is 5.97 Å². The summed E-state index contributed by atoms with van der Waals surface area (Å²) >= 11 is 0. The number of esters is 1. The number of carbonyl (C=O) groups excluding carboxylic acids is 1. The quantitative estimate of drug-likeness (QED) is 0.649. The van der Waals surface area contributed by atoms with Crippen molar-refractivity contribution in [2.75, 3.05) is 19.0 Å². The lowest BCUT2D eigenvalue weighted by Crippen LogP contribution is -2.06. The molecule has 0 radical (unpaired) electrons. The molecule has 0 aliphatic rings. The van der Waals surface area contributed by atoms with Crippen molar-refractivity contribution in [1.82, 2.24) is 4.98 Å². The Morgan fingerprint density at radius 3 is 3.06 bits per heavy atom. The van der Waals surface area contributed by atoms with E-state index in [-0.39, 0.29) is 5.97 Å². The zero-order chi connectivity index (χ0) is 12.8. The van der Waals surface area contributed by atoms with Crippen molar-refractivity contribution in [3.05, 3.63) is 36.5 Å². The van der Waals surface area contributed by atoms with Crippen LogP contribution in [0.5, 0.6) is 0 Å². The van der Waals surface area contributed by atoms with E-state index in [2.05, 4.69) is 21.1 Å². The van der Waals surface area contributed by atoms with E-state index in [1.807, 2.05) is 24.3 Å². The van der Waals surface area contributed by atoms with Crippen molar-refractivity contribution in [2.45, 2.75) is 12.8 Å². The second kappa shape index (κ2) is 6.00. The van der Waals surface area contributed by atoms with E-state index in [0.717, 1.165) is 29.6 Å². The lowest BCUT2D eigenvalue weighted by atomic mass is 10.2. The van der Waals surface area contributed by atoms with E-state index < -0.39 is 0 Å². The number of hydrogen-bond acceptors (Lipinski definition) is 4. The number of hydrogen-bond donors (Lipinski definition) is 1. The Bertz CT molecular complexity index is 540. The van der Waals surface area contributed by atoms with Gasteiger partial charge in [-0.1, -0.05) is 18.2 Å². The first-order valence-corrected chi connectivity index (χ1v) is 5.95. The summed E-state index contributed by atoms with van der Waals surface area (Å²) in [5.74, 6) is -0.173. The Balaban J connectivity index is 1.90. The third kappa shape index (κ3) is 3.20. The minimum Gasteiger partial charge on any atom is -0.469 e. The molecule has 1 aromatic carbocycles. The molecule has 0 aliphatic carbocycles. The van der Waals surface area contributed by atoms with Crippen LogP contribution in [-0.4, -0.2) is 24.6 Å². The molecule has 0 saturated carbocycles. The molecule has 0 unspecified atom stereocenters. The van der Waals surface area contributed by atoms with Gasteiger partial charge in [0.05, 0.1) is 24.5 Å². The van der Waals surface area contributed by atoms with Gasteiger partial charge in [-0.3, -0.25) is 9.78 Å². The van der Waals surface area contributed by atoms with Crippen LogP contribution < -0.4 is 5.32 Å². The highest BCUT2D eigenvalue weighted by Crippen LogP contribution is 2.15. The summed E-state index contributed by atoms with van der Waals surface area (Å²) in [6.45, 7) is 0.731. The number of benzene rings is 1. The Kier molecular flexibility index (Phi) is 4.12. The molecule has 2 aromatic rings. The number of rotatable bonds is 5. The predicted molar refractivity (Wildman–Crippen MR) is 71.5 cm³/mol. The molecule has 4 heteroatoms. The van der Waals surface area contributed by atoms with Gasteiger partial charge < -0.3 is 10.1 Å². The Morgan fingerprint density at radius 1 is 1.39 bits per heavy atom. The zero-order valence-electron chi connectivity index (χ0n) is 10.3. The zero-order valence-corrected chi connectivity index (χ0v) is 10.3. The predicted octanol–water partition coefficient (Wildman–Crippen LogP) is 2.60. The molecule has 0 atom stereocenters. The highest BCUT2D eigenvalue weighted by Gasteiger charge is 2.00. The van der Waals surface area contributed by atoms with Crippen LogP contribution in [0.25, 0.3) is 10.9 Å². The fraction of sp³-hybridized carbons (Fsp3) is 0.286. The molecule has 4 nitrogen and oxygen atoms in total. The molecule has 0 aliphatic heterocycles. The molecule has 1 heterocycles. The number of ether oxygens (including phenoxy) is 1. The van der Waals surface area contributed by atoms with E-state index in [9.17, 15) is 4.79 Å². The Hall–Kier alpha value is -2.10. The van der Waals surface area contributed by atoms with Crippen LogP contribution in [0.15, 0.2) is 36.5 Å². The van der Waals surface area contributed by atoms with Gasteiger partial charge in [0.1, 0.15) is 0 Å². The Labute approximate surface area is 106 Å². The third-order valence-corrected chi connectivity index (χ3v) is 2.70. The summed E-state index contributed by atoms with van der Waals surface area (Å²) in [6.07, 6.45) is 2.99. The summed E-state index contributed by atoms with van der Waals surface area (Å²) in [4.78, 5) is 15.3. The molecular formula is C14H16N2O2. The second-order valence-corrected chi connectivity index (χ2v) is 4.02. The first kappa shape index (κ1) is 12.4. The molecule has 0 spiro atoms. The van der Waals surface area contributed by atoms with Gasteiger partial charge in [-0.05, 0) is 18.6 Å². The number of nitrogens with one attached hydrogen (secondary N) is 1. The summed E-state index contributed by atoms with van der Waals surface area (Å²) in [5.41, 5.74) is 1.95. The molecule has 18 heavy (non-hydrogen) atoms. The van der Waals surface area contributed by atoms with Crippen molar-refractivity contribution in [1.29, 1.82) is 0 Å². The first-order chi connectivity index (χ1) is 8.79. The van der Waals surface area contributed by atoms with Crippen molar-refractivity contribution < 1.29 is 9.53 Å². The van der Waals surface area contributed by atoms with Crippen LogP contribution in [0.4, 0.5) is 5.69 Å². The maximum absolute atomic E-state index is 10.9. The normalized spacial score (nSPS) is 10.3. The summed E-state index contributed by atoms with van der Waals surface area (Å²) in [7, 11) is 1.41. The minimum absolute atomic E-state index is 0.173. The maximum Gasteiger partial charge on any atom is 0.305 e. The number of pyridine rings is 1. The van der Waals surface area contributed by atoms with Gasteiger partial charge in [0, 0.05) is 18.4 Å². The highest BCUT2D eigenvalue weighted by molar-refractivity contribution is 5.81. The Morgan fingerprint density at radius 2 is 2.22 bits per heavy atom. The smallest absolute Gasteiger partial charge is 0.305 e. The first-order valence-electron chi connectivity index (χ1n) is 5.95. The van der Waals surface area contributed by atoms with Crippen LogP contribution in [-0.2, 0) is 9.53 Å². The summed E-state index contributed by atoms with van der Waals surface area (Å²) in [6, 6.07) is 10.0. The topological polar surface area (TPSA) is 51.2 Å². The molecule has 0 amide bonds. The third-order valence-electron chi connectivity index (χ3n) is 2.70. The summed E-state index contributed by atoms with van der Waals surface area (Å²) in [5, 5.41) is 4.35. The molecule has 1 aromatic heterocycles. The van der Waals surface area contributed by atoms with Gasteiger partial charge in [-0.15, -0.1) is 0 Å². The van der Waals surface area contributed by atoms with Crippen LogP contribution in [0.2, 0.25) is 0 Å². The molecule has 0 saturated heterocycles. The number of nitrogens with zero attached hydrogens (tertiary/aromatic N) is 1. The summed E-state index contributed by atoms with van der Waals surface area (Å²) < 4.78 is 4.58. The fourth-order valence-electron chi connectivity index (χ4n) is 1.74. The number of carbonyl (C=O) groups is 1. The lowest BCUT2D eigenvalue weighted by Gasteiger charge is -2.06. The molecular weight excluding hydrogens is 228 g/mol. The van der Waals surface area contributed by atoms with E-state index >= 15 is 0 Å². The van der Waals surface area contributed by atoms with Crippen LogP contribution in [0.3, 0.4) is 0 Å². The largest absolute Gasteiger partial charge is 0.469 e. The fourth-order valence-corrected chi connectivity index (χ4v) is 1.74. The maximum atomic E-state index is 10.9. The second-order valence-electron chi connectivity index (χ2n) is 4.02. The SMILES string of the molecule is COC(=O)CCCNc1cnc2ccccc2c1. The van der Waals surface area contributed by atoms with Gasteiger partial charge in [0.15, 0.2) is 0 Å². The number of aromatic nitrogens is 1. The van der Waals surface area contributed by atoms with E-state index in [1.165, 1.54) is 7.11 Å². The van der Waals surface area contributed by atoms with Crippen molar-refractivity contribution in [3.63, 3.8) is 0 Å². The van der Waals surface area contributed by atoms with Gasteiger partial charge in [-0.2, -0.15) is 0 Å². The minimum atomic E-state index is -0.173. The van der Waals surface area contributed by atoms with Crippen molar-refractivity contribution >= 4 is 22.6 Å². The number of methoxy groups -OCH3 is 1.